The molecule has 1 aliphatic carbocycles. The summed E-state index contributed by atoms with van der Waals surface area (Å²) < 4.78 is 84.9. The molecule has 2 aromatic carbocycles. The monoisotopic (exact) mass is 660 g/mol. The number of nitrogens with zero attached hydrogens (tertiary/aromatic N) is 4. The van der Waals surface area contributed by atoms with Crippen molar-refractivity contribution in [2.75, 3.05) is 24.1 Å². The zero-order valence-corrected chi connectivity index (χ0v) is 26.7. The molecule has 14 heteroatoms. The fourth-order valence-electron chi connectivity index (χ4n) is 5.79. The standard InChI is InChI=1S/C32H36F4N6O3S/c1-18(2)42-30-22(16-37-32(39-30)38-23-9-11-24(12-10-23)41(3)4)13-25(31(42)43)21-14-26(33)28(27(34)15-21)40-46(44,45)17-19-5-7-20(8-6-19)29(35)36/h5-8,13-16,18,23-24,29,40H,9-12,17H2,1-4H3,(H,37,38,39). The van der Waals surface area contributed by atoms with Crippen molar-refractivity contribution in [3.05, 3.63) is 81.8 Å². The summed E-state index contributed by atoms with van der Waals surface area (Å²) in [6.45, 7) is 3.59. The lowest BCUT2D eigenvalue weighted by atomic mass is 9.91. The Hall–Kier alpha value is -4.04. The van der Waals surface area contributed by atoms with Crippen molar-refractivity contribution in [1.29, 1.82) is 0 Å². The molecule has 46 heavy (non-hydrogen) atoms. The minimum Gasteiger partial charge on any atom is -0.351 e. The molecule has 1 fully saturated rings. The van der Waals surface area contributed by atoms with Crippen LogP contribution in [0, 0.1) is 11.6 Å². The van der Waals surface area contributed by atoms with Crippen molar-refractivity contribution >= 4 is 32.7 Å². The van der Waals surface area contributed by atoms with Crippen LogP contribution in [0.2, 0.25) is 0 Å². The Kier molecular flexibility index (Phi) is 9.68. The molecular weight excluding hydrogens is 624 g/mol. The molecule has 5 rings (SSSR count). The number of rotatable bonds is 10. The third-order valence-electron chi connectivity index (χ3n) is 8.25. The molecule has 0 amide bonds. The Morgan fingerprint density at radius 3 is 2.20 bits per heavy atom. The van der Waals surface area contributed by atoms with Gasteiger partial charge in [0.2, 0.25) is 16.0 Å². The first kappa shape index (κ1) is 33.3. The number of benzene rings is 2. The Labute approximate surface area is 264 Å². The van der Waals surface area contributed by atoms with Gasteiger partial charge in [0.25, 0.3) is 12.0 Å². The van der Waals surface area contributed by atoms with E-state index >= 15 is 8.78 Å². The second-order valence-corrected chi connectivity index (χ2v) is 13.9. The van der Waals surface area contributed by atoms with E-state index in [0.717, 1.165) is 49.9 Å². The van der Waals surface area contributed by atoms with Crippen LogP contribution >= 0.6 is 0 Å². The predicted molar refractivity (Wildman–Crippen MR) is 171 cm³/mol. The van der Waals surface area contributed by atoms with E-state index in [-0.39, 0.29) is 34.3 Å². The Balaban J connectivity index is 1.41. The van der Waals surface area contributed by atoms with Gasteiger partial charge in [0, 0.05) is 40.8 Å². The Morgan fingerprint density at radius 2 is 1.63 bits per heavy atom. The highest BCUT2D eigenvalue weighted by atomic mass is 32.2. The van der Waals surface area contributed by atoms with Crippen LogP contribution in [0.4, 0.5) is 29.2 Å². The van der Waals surface area contributed by atoms with Crippen LogP contribution in [-0.4, -0.2) is 54.0 Å². The molecule has 0 radical (unpaired) electrons. The average molecular weight is 661 g/mol. The number of pyridine rings is 1. The average Bonchev–Trinajstić information content (AvgIpc) is 2.98. The van der Waals surface area contributed by atoms with Gasteiger partial charge in [-0.25, -0.2) is 31.0 Å². The number of alkyl halides is 2. The molecule has 0 bridgehead atoms. The molecule has 0 aliphatic heterocycles. The van der Waals surface area contributed by atoms with Gasteiger partial charge in [-0.15, -0.1) is 0 Å². The highest BCUT2D eigenvalue weighted by molar-refractivity contribution is 7.91. The van der Waals surface area contributed by atoms with Crippen molar-refractivity contribution in [2.24, 2.45) is 0 Å². The SMILES string of the molecule is CC(C)n1c(=O)c(-c2cc(F)c(NS(=O)(=O)Cc3ccc(C(F)F)cc3)c(F)c2)cc2cnc(NC3CCC(N(C)C)CC3)nc21. The van der Waals surface area contributed by atoms with Crippen LogP contribution in [0.25, 0.3) is 22.2 Å². The minimum atomic E-state index is -4.33. The number of nitrogens with one attached hydrogen (secondary N) is 2. The number of anilines is 2. The highest BCUT2D eigenvalue weighted by Gasteiger charge is 2.25. The largest absolute Gasteiger partial charge is 0.351 e. The van der Waals surface area contributed by atoms with Gasteiger partial charge in [-0.3, -0.25) is 14.1 Å². The summed E-state index contributed by atoms with van der Waals surface area (Å²) in [5, 5.41) is 3.86. The zero-order chi connectivity index (χ0) is 33.3. The fourth-order valence-corrected chi connectivity index (χ4v) is 7.00. The van der Waals surface area contributed by atoms with Crippen molar-refractivity contribution in [3.8, 4) is 11.1 Å². The summed E-state index contributed by atoms with van der Waals surface area (Å²) in [6, 6.07) is 8.16. The van der Waals surface area contributed by atoms with Crippen molar-refractivity contribution in [1.82, 2.24) is 19.4 Å². The lowest BCUT2D eigenvalue weighted by molar-refractivity contribution is 0.151. The molecule has 1 aliphatic rings. The number of hydrogen-bond acceptors (Lipinski definition) is 7. The summed E-state index contributed by atoms with van der Waals surface area (Å²) in [5.74, 6) is -2.78. The van der Waals surface area contributed by atoms with Crippen LogP contribution in [0.3, 0.4) is 0 Å². The van der Waals surface area contributed by atoms with E-state index in [1.165, 1.54) is 22.8 Å². The van der Waals surface area contributed by atoms with Gasteiger partial charge in [0.15, 0.2) is 11.6 Å². The maximum absolute atomic E-state index is 15.3. The van der Waals surface area contributed by atoms with E-state index in [1.54, 1.807) is 20.0 Å². The number of hydrogen-bond donors (Lipinski definition) is 2. The van der Waals surface area contributed by atoms with E-state index in [9.17, 15) is 22.0 Å². The second-order valence-electron chi connectivity index (χ2n) is 12.1. The number of sulfonamides is 1. The zero-order valence-electron chi connectivity index (χ0n) is 25.9. The molecule has 0 spiro atoms. The molecule has 2 heterocycles. The van der Waals surface area contributed by atoms with Crippen molar-refractivity contribution in [3.63, 3.8) is 0 Å². The van der Waals surface area contributed by atoms with Crippen LogP contribution in [0.5, 0.6) is 0 Å². The lowest BCUT2D eigenvalue weighted by Gasteiger charge is -2.33. The first-order chi connectivity index (χ1) is 21.7. The van der Waals surface area contributed by atoms with Crippen LogP contribution in [-0.2, 0) is 15.8 Å². The van der Waals surface area contributed by atoms with E-state index in [2.05, 4.69) is 34.3 Å². The number of aromatic nitrogens is 3. The van der Waals surface area contributed by atoms with Gasteiger partial charge < -0.3 is 10.2 Å². The molecule has 246 valence electrons. The fraction of sp³-hybridized carbons (Fsp3) is 0.406. The van der Waals surface area contributed by atoms with E-state index in [4.69, 9.17) is 0 Å². The molecule has 0 atom stereocenters. The third-order valence-corrected chi connectivity index (χ3v) is 9.48. The van der Waals surface area contributed by atoms with Crippen LogP contribution in [0.1, 0.15) is 63.1 Å². The van der Waals surface area contributed by atoms with Gasteiger partial charge in [-0.2, -0.15) is 4.98 Å². The first-order valence-electron chi connectivity index (χ1n) is 14.9. The molecule has 1 saturated carbocycles. The summed E-state index contributed by atoms with van der Waals surface area (Å²) in [6.07, 6.45) is 2.84. The molecule has 2 aromatic heterocycles. The van der Waals surface area contributed by atoms with Gasteiger partial charge in [-0.1, -0.05) is 24.3 Å². The molecule has 4 aromatic rings. The smallest absolute Gasteiger partial charge is 0.263 e. The summed E-state index contributed by atoms with van der Waals surface area (Å²) in [4.78, 5) is 25.0. The number of halogens is 4. The summed E-state index contributed by atoms with van der Waals surface area (Å²) in [7, 11) is -0.174. The van der Waals surface area contributed by atoms with Crippen molar-refractivity contribution < 1.29 is 26.0 Å². The Bertz CT molecular complexity index is 1870. The minimum absolute atomic E-state index is 0.0150. The van der Waals surface area contributed by atoms with Gasteiger partial charge in [-0.05, 0) is 83.0 Å². The first-order valence-corrected chi connectivity index (χ1v) is 16.6. The molecule has 0 unspecified atom stereocenters. The van der Waals surface area contributed by atoms with E-state index < -0.39 is 45.1 Å². The van der Waals surface area contributed by atoms with E-state index in [0.29, 0.717) is 23.0 Å². The maximum Gasteiger partial charge on any atom is 0.263 e. The van der Waals surface area contributed by atoms with Crippen molar-refractivity contribution in [2.45, 2.75) is 69.8 Å². The number of fused-ring (bicyclic) bond motifs is 1. The van der Waals surface area contributed by atoms with Crippen LogP contribution < -0.4 is 15.6 Å². The van der Waals surface area contributed by atoms with E-state index in [1.807, 2.05) is 4.72 Å². The topological polar surface area (TPSA) is 109 Å². The predicted octanol–water partition coefficient (Wildman–Crippen LogP) is 6.48. The third kappa shape index (κ3) is 7.33. The summed E-state index contributed by atoms with van der Waals surface area (Å²) in [5.41, 5.74) is -1.32. The summed E-state index contributed by atoms with van der Waals surface area (Å²) >= 11 is 0. The Morgan fingerprint density at radius 1 is 1.00 bits per heavy atom. The molecule has 0 saturated heterocycles. The normalized spacial score (nSPS) is 17.3. The highest BCUT2D eigenvalue weighted by Crippen LogP contribution is 2.30. The second kappa shape index (κ2) is 13.4. The molecular formula is C32H36F4N6O3S. The lowest BCUT2D eigenvalue weighted by Crippen LogP contribution is -2.36. The quantitative estimate of drug-likeness (QED) is 0.188. The molecule has 9 nitrogen and oxygen atoms in total. The van der Waals surface area contributed by atoms with Crippen LogP contribution in [0.15, 0.2) is 53.5 Å². The maximum atomic E-state index is 15.3. The molecule has 2 N–H and O–H groups in total. The van der Waals surface area contributed by atoms with Gasteiger partial charge in [0.05, 0.1) is 5.75 Å². The van der Waals surface area contributed by atoms with Gasteiger partial charge in [0.1, 0.15) is 11.3 Å². The van der Waals surface area contributed by atoms with Gasteiger partial charge >= 0.3 is 0 Å².